The quantitative estimate of drug-likeness (QED) is 0.636. The van der Waals surface area contributed by atoms with E-state index < -0.39 is 5.54 Å². The average Bonchev–Trinajstić information content (AvgIpc) is 3.52. The first-order chi connectivity index (χ1) is 13.9. The van der Waals surface area contributed by atoms with Gasteiger partial charge in [0.1, 0.15) is 5.54 Å². The third kappa shape index (κ3) is 4.73. The van der Waals surface area contributed by atoms with Gasteiger partial charge in [0.15, 0.2) is 11.0 Å². The molecule has 1 aliphatic carbocycles. The van der Waals surface area contributed by atoms with Crippen molar-refractivity contribution in [3.63, 3.8) is 0 Å². The molecule has 1 aliphatic rings. The molecule has 0 saturated heterocycles. The molecule has 1 aromatic heterocycles. The highest BCUT2D eigenvalue weighted by atomic mass is 32.2. The molecule has 1 unspecified atom stereocenters. The molecule has 1 fully saturated rings. The number of nitrogens with one attached hydrogen (secondary N) is 1. The van der Waals surface area contributed by atoms with Crippen LogP contribution < -0.4 is 10.2 Å². The fourth-order valence-electron chi connectivity index (χ4n) is 3.44. The normalized spacial score (nSPS) is 15.4. The van der Waals surface area contributed by atoms with Crippen LogP contribution in [-0.2, 0) is 11.8 Å². The summed E-state index contributed by atoms with van der Waals surface area (Å²) in [6, 6.07) is 10.5. The van der Waals surface area contributed by atoms with Gasteiger partial charge in [-0.15, -0.1) is 10.2 Å². The Kier molecular flexibility index (Phi) is 6.48. The molecule has 1 amide bonds. The zero-order chi connectivity index (χ0) is 21.0. The second-order valence-corrected chi connectivity index (χ2v) is 8.45. The Bertz CT molecular complexity index is 895. The molecular weight excluding hydrogens is 384 g/mol. The molecule has 29 heavy (non-hydrogen) atoms. The summed E-state index contributed by atoms with van der Waals surface area (Å²) in [4.78, 5) is 14.6. The van der Waals surface area contributed by atoms with Gasteiger partial charge in [-0.1, -0.05) is 11.8 Å². The second-order valence-electron chi connectivity index (χ2n) is 7.51. The van der Waals surface area contributed by atoms with E-state index >= 15 is 0 Å². The molecule has 1 N–H and O–H groups in total. The number of carbonyl (C=O) groups is 1. The Balaban J connectivity index is 1.63. The summed E-state index contributed by atoms with van der Waals surface area (Å²) in [6.45, 7) is 8.02. The van der Waals surface area contributed by atoms with E-state index in [-0.39, 0.29) is 17.6 Å². The van der Waals surface area contributed by atoms with E-state index in [0.717, 1.165) is 37.3 Å². The zero-order valence-corrected chi connectivity index (χ0v) is 18.3. The van der Waals surface area contributed by atoms with Gasteiger partial charge < -0.3 is 14.8 Å². The van der Waals surface area contributed by atoms with Crippen LogP contribution in [0.25, 0.3) is 11.4 Å². The van der Waals surface area contributed by atoms with Gasteiger partial charge in [-0.05, 0) is 63.8 Å². The molecule has 0 aliphatic heterocycles. The first-order valence-corrected chi connectivity index (χ1v) is 11.0. The summed E-state index contributed by atoms with van der Waals surface area (Å²) in [5.41, 5.74) is 1.40. The predicted molar refractivity (Wildman–Crippen MR) is 116 cm³/mol. The smallest absolute Gasteiger partial charge is 0.231 e. The monoisotopic (exact) mass is 412 g/mol. The van der Waals surface area contributed by atoms with Crippen molar-refractivity contribution in [2.24, 2.45) is 13.0 Å². The van der Waals surface area contributed by atoms with E-state index in [9.17, 15) is 10.1 Å². The van der Waals surface area contributed by atoms with Crippen LogP contribution in [0.4, 0.5) is 5.69 Å². The Hall–Kier alpha value is -2.53. The van der Waals surface area contributed by atoms with Crippen molar-refractivity contribution in [2.75, 3.05) is 23.7 Å². The van der Waals surface area contributed by atoms with Crippen LogP contribution >= 0.6 is 11.8 Å². The van der Waals surface area contributed by atoms with Crippen molar-refractivity contribution in [2.45, 2.75) is 44.3 Å². The minimum absolute atomic E-state index is 0.154. The number of rotatable bonds is 9. The summed E-state index contributed by atoms with van der Waals surface area (Å²) in [6.07, 6.45) is 1.99. The summed E-state index contributed by atoms with van der Waals surface area (Å²) in [7, 11) is 1.90. The van der Waals surface area contributed by atoms with E-state index in [1.807, 2.05) is 23.7 Å². The van der Waals surface area contributed by atoms with Gasteiger partial charge in [-0.3, -0.25) is 4.79 Å². The third-order valence-corrected chi connectivity index (χ3v) is 6.47. The van der Waals surface area contributed by atoms with Crippen LogP contribution in [0.15, 0.2) is 29.4 Å². The van der Waals surface area contributed by atoms with Crippen LogP contribution in [0.1, 0.15) is 33.6 Å². The van der Waals surface area contributed by atoms with Crippen molar-refractivity contribution in [3.05, 3.63) is 24.3 Å². The lowest BCUT2D eigenvalue weighted by Crippen LogP contribution is -2.47. The number of nitrogens with zero attached hydrogens (tertiary/aromatic N) is 5. The molecule has 1 aromatic carbocycles. The topological polar surface area (TPSA) is 86.8 Å². The molecule has 0 radical (unpaired) electrons. The molecule has 8 heteroatoms. The number of hydrogen-bond donors (Lipinski definition) is 1. The molecule has 0 bridgehead atoms. The standard InChI is InChI=1S/C21H28N6OS/c1-5-27(6-2)17-11-7-15(8-12-17)19-24-25-20(26(19)4)29-13-18(28)23-21(3,14-22)16-9-10-16/h7-8,11-12,16H,5-6,9-10,13H2,1-4H3,(H,23,28). The van der Waals surface area contributed by atoms with Crippen molar-refractivity contribution < 1.29 is 4.79 Å². The minimum Gasteiger partial charge on any atom is -0.372 e. The van der Waals surface area contributed by atoms with Gasteiger partial charge in [0.25, 0.3) is 0 Å². The maximum atomic E-state index is 12.3. The highest BCUT2D eigenvalue weighted by Crippen LogP contribution is 2.39. The van der Waals surface area contributed by atoms with Crippen LogP contribution in [-0.4, -0.2) is 45.1 Å². The van der Waals surface area contributed by atoms with E-state index in [1.54, 1.807) is 6.92 Å². The third-order valence-electron chi connectivity index (χ3n) is 5.45. The lowest BCUT2D eigenvalue weighted by molar-refractivity contribution is -0.119. The highest BCUT2D eigenvalue weighted by molar-refractivity contribution is 7.99. The van der Waals surface area contributed by atoms with Crippen LogP contribution in [0.3, 0.4) is 0 Å². The summed E-state index contributed by atoms with van der Waals surface area (Å²) in [5, 5.41) is 21.5. The first kappa shape index (κ1) is 21.2. The van der Waals surface area contributed by atoms with Crippen molar-refractivity contribution in [1.82, 2.24) is 20.1 Å². The Labute approximate surface area is 176 Å². The van der Waals surface area contributed by atoms with E-state index in [1.165, 1.54) is 17.4 Å². The predicted octanol–water partition coefficient (Wildman–Crippen LogP) is 3.23. The van der Waals surface area contributed by atoms with E-state index in [0.29, 0.717) is 5.16 Å². The lowest BCUT2D eigenvalue weighted by Gasteiger charge is -2.22. The molecule has 0 spiro atoms. The summed E-state index contributed by atoms with van der Waals surface area (Å²) < 4.78 is 1.90. The molecule has 3 rings (SSSR count). The Morgan fingerprint density at radius 1 is 1.31 bits per heavy atom. The summed E-state index contributed by atoms with van der Waals surface area (Å²) >= 11 is 1.33. The number of anilines is 1. The Morgan fingerprint density at radius 2 is 1.97 bits per heavy atom. The summed E-state index contributed by atoms with van der Waals surface area (Å²) in [5.74, 6) is 1.08. The average molecular weight is 413 g/mol. The van der Waals surface area contributed by atoms with Gasteiger partial charge >= 0.3 is 0 Å². The fraction of sp³-hybridized carbons (Fsp3) is 0.524. The highest BCUT2D eigenvalue weighted by Gasteiger charge is 2.42. The van der Waals surface area contributed by atoms with Crippen LogP contribution in [0.2, 0.25) is 0 Å². The minimum atomic E-state index is -0.769. The number of amides is 1. The van der Waals surface area contributed by atoms with Gasteiger partial charge in [0, 0.05) is 31.4 Å². The number of benzene rings is 1. The number of hydrogen-bond acceptors (Lipinski definition) is 6. The van der Waals surface area contributed by atoms with E-state index in [4.69, 9.17) is 0 Å². The first-order valence-electron chi connectivity index (χ1n) is 10.0. The number of aromatic nitrogens is 3. The molecule has 1 heterocycles. The molecule has 154 valence electrons. The van der Waals surface area contributed by atoms with Crippen molar-refractivity contribution in [1.29, 1.82) is 5.26 Å². The number of carbonyl (C=O) groups excluding carboxylic acids is 1. The zero-order valence-electron chi connectivity index (χ0n) is 17.5. The van der Waals surface area contributed by atoms with Gasteiger partial charge in [0.05, 0.1) is 11.8 Å². The number of nitriles is 1. The SMILES string of the molecule is CCN(CC)c1ccc(-c2nnc(SCC(=O)NC(C)(C#N)C3CC3)n2C)cc1. The van der Waals surface area contributed by atoms with E-state index in [2.05, 4.69) is 52.5 Å². The maximum Gasteiger partial charge on any atom is 0.231 e. The van der Waals surface area contributed by atoms with Gasteiger partial charge in [0.2, 0.25) is 5.91 Å². The van der Waals surface area contributed by atoms with Gasteiger partial charge in [-0.2, -0.15) is 5.26 Å². The number of thioether (sulfide) groups is 1. The molecule has 2 aromatic rings. The largest absolute Gasteiger partial charge is 0.372 e. The van der Waals surface area contributed by atoms with Crippen molar-refractivity contribution >= 4 is 23.4 Å². The van der Waals surface area contributed by atoms with Gasteiger partial charge in [-0.25, -0.2) is 0 Å². The fourth-order valence-corrected chi connectivity index (χ4v) is 4.15. The maximum absolute atomic E-state index is 12.3. The molecular formula is C21H28N6OS. The van der Waals surface area contributed by atoms with Crippen molar-refractivity contribution in [3.8, 4) is 17.5 Å². The Morgan fingerprint density at radius 3 is 2.52 bits per heavy atom. The molecule has 7 nitrogen and oxygen atoms in total. The van der Waals surface area contributed by atoms with Crippen LogP contribution in [0, 0.1) is 17.2 Å². The second kappa shape index (κ2) is 8.87. The molecule has 1 saturated carbocycles. The van der Waals surface area contributed by atoms with Crippen LogP contribution in [0.5, 0.6) is 0 Å². The molecule has 1 atom stereocenters. The lowest BCUT2D eigenvalue weighted by atomic mass is 9.98.